The fourth-order valence-electron chi connectivity index (χ4n) is 3.40. The number of nitrogens with zero attached hydrogens (tertiary/aromatic N) is 2. The lowest BCUT2D eigenvalue weighted by molar-refractivity contribution is -0.115. The Hall–Kier alpha value is -4.04. The van der Waals surface area contributed by atoms with E-state index in [0.29, 0.717) is 28.0 Å². The zero-order valence-electron chi connectivity index (χ0n) is 19.6. The Morgan fingerprint density at radius 3 is 2.37 bits per heavy atom. The molecule has 35 heavy (non-hydrogen) atoms. The Kier molecular flexibility index (Phi) is 7.52. The van der Waals surface area contributed by atoms with Crippen molar-refractivity contribution in [3.8, 4) is 11.5 Å². The van der Waals surface area contributed by atoms with Gasteiger partial charge in [-0.1, -0.05) is 42.1 Å². The summed E-state index contributed by atoms with van der Waals surface area (Å²) in [5, 5.41) is 2.82. The van der Waals surface area contributed by atoms with Gasteiger partial charge in [-0.05, 0) is 67.1 Å². The van der Waals surface area contributed by atoms with Crippen LogP contribution >= 0.6 is 11.8 Å². The van der Waals surface area contributed by atoms with Crippen molar-refractivity contribution in [1.82, 2.24) is 0 Å². The molecule has 2 amide bonds. The Morgan fingerprint density at radius 1 is 0.971 bits per heavy atom. The van der Waals surface area contributed by atoms with Crippen molar-refractivity contribution >= 4 is 46.2 Å². The summed E-state index contributed by atoms with van der Waals surface area (Å²) >= 11 is 1.22. The van der Waals surface area contributed by atoms with Gasteiger partial charge < -0.3 is 14.8 Å². The minimum atomic E-state index is -0.508. The van der Waals surface area contributed by atoms with Crippen LogP contribution in [0.5, 0.6) is 11.5 Å². The lowest BCUT2D eigenvalue weighted by Crippen LogP contribution is -2.33. The summed E-state index contributed by atoms with van der Waals surface area (Å²) in [5.74, 6) is 0.933. The summed E-state index contributed by atoms with van der Waals surface area (Å²) in [6.07, 6.45) is 1.72. The number of hydrogen-bond donors (Lipinski definition) is 1. The van der Waals surface area contributed by atoms with Crippen molar-refractivity contribution in [3.05, 3.63) is 90.1 Å². The van der Waals surface area contributed by atoms with Gasteiger partial charge in [-0.3, -0.25) is 14.5 Å². The van der Waals surface area contributed by atoms with Gasteiger partial charge in [-0.15, -0.1) is 0 Å². The third kappa shape index (κ3) is 5.73. The predicted molar refractivity (Wildman–Crippen MR) is 141 cm³/mol. The average Bonchev–Trinajstić information content (AvgIpc) is 3.19. The molecule has 3 aromatic rings. The van der Waals surface area contributed by atoms with Crippen molar-refractivity contribution in [3.63, 3.8) is 0 Å². The molecule has 7 nitrogen and oxygen atoms in total. The fourth-order valence-corrected chi connectivity index (χ4v) is 4.33. The number of amidine groups is 1. The predicted octanol–water partition coefficient (Wildman–Crippen LogP) is 5.21. The molecule has 0 aliphatic carbocycles. The lowest BCUT2D eigenvalue weighted by Gasteiger charge is -2.20. The van der Waals surface area contributed by atoms with Crippen molar-refractivity contribution < 1.29 is 19.1 Å². The number of thioether (sulfide) groups is 1. The monoisotopic (exact) mass is 487 g/mol. The Bertz CT molecular complexity index is 1270. The van der Waals surface area contributed by atoms with Gasteiger partial charge in [-0.25, -0.2) is 4.99 Å². The fraction of sp³-hybridized carbons (Fsp3) is 0.148. The minimum absolute atomic E-state index is 0.200. The number of anilines is 2. The molecule has 8 heteroatoms. The van der Waals surface area contributed by atoms with Gasteiger partial charge in [0.2, 0.25) is 5.91 Å². The average molecular weight is 488 g/mol. The van der Waals surface area contributed by atoms with E-state index in [4.69, 9.17) is 9.47 Å². The highest BCUT2D eigenvalue weighted by Gasteiger charge is 2.34. The maximum atomic E-state index is 13.4. The van der Waals surface area contributed by atoms with Crippen LogP contribution in [0.1, 0.15) is 12.5 Å². The zero-order valence-corrected chi connectivity index (χ0v) is 20.4. The molecular weight excluding hydrogens is 462 g/mol. The van der Waals surface area contributed by atoms with Crippen LogP contribution in [-0.2, 0) is 9.59 Å². The van der Waals surface area contributed by atoms with Crippen molar-refractivity contribution in [2.45, 2.75) is 12.2 Å². The molecule has 0 saturated heterocycles. The number of amides is 2. The molecular formula is C27H25N3O4S. The second kappa shape index (κ2) is 10.9. The van der Waals surface area contributed by atoms with Gasteiger partial charge >= 0.3 is 0 Å². The highest BCUT2D eigenvalue weighted by Crippen LogP contribution is 2.31. The summed E-state index contributed by atoms with van der Waals surface area (Å²) in [5.41, 5.74) is 2.42. The Balaban J connectivity index is 1.58. The molecule has 178 valence electrons. The first-order valence-corrected chi connectivity index (χ1v) is 11.8. The Morgan fingerprint density at radius 2 is 1.69 bits per heavy atom. The standard InChI is InChI=1S/C27H25N3O4S/c1-18(25(31)28-20-12-14-22(33-2)15-13-20)35-27-29-24(17-19-8-7-11-23(16-19)34-3)26(32)30(27)21-9-5-4-6-10-21/h4-18H,1-3H3,(H,28,31)/b24-17+. The molecule has 0 bridgehead atoms. The maximum absolute atomic E-state index is 13.4. The first kappa shape index (κ1) is 24.1. The quantitative estimate of drug-likeness (QED) is 0.463. The third-order valence-electron chi connectivity index (χ3n) is 5.25. The largest absolute Gasteiger partial charge is 0.497 e. The van der Waals surface area contributed by atoms with Crippen LogP contribution in [0.25, 0.3) is 6.08 Å². The summed E-state index contributed by atoms with van der Waals surface area (Å²) < 4.78 is 10.4. The number of nitrogens with one attached hydrogen (secondary N) is 1. The highest BCUT2D eigenvalue weighted by atomic mass is 32.2. The number of hydrogen-bond acceptors (Lipinski definition) is 6. The summed E-state index contributed by atoms with van der Waals surface area (Å²) in [4.78, 5) is 32.4. The van der Waals surface area contributed by atoms with E-state index in [1.165, 1.54) is 16.7 Å². The van der Waals surface area contributed by atoms with E-state index in [-0.39, 0.29) is 17.5 Å². The first-order valence-electron chi connectivity index (χ1n) is 10.9. The molecule has 1 heterocycles. The molecule has 0 radical (unpaired) electrons. The van der Waals surface area contributed by atoms with Gasteiger partial charge in [0, 0.05) is 5.69 Å². The first-order chi connectivity index (χ1) is 17.0. The molecule has 3 aromatic carbocycles. The molecule has 1 aliphatic heterocycles. The molecule has 1 N–H and O–H groups in total. The SMILES string of the molecule is COc1ccc(NC(=O)C(C)SC2=N/C(=C/c3cccc(OC)c3)C(=O)N2c2ccccc2)cc1. The van der Waals surface area contributed by atoms with Gasteiger partial charge in [-0.2, -0.15) is 0 Å². The number of rotatable bonds is 7. The van der Waals surface area contributed by atoms with Crippen LogP contribution in [-0.4, -0.2) is 36.5 Å². The van der Waals surface area contributed by atoms with Crippen molar-refractivity contribution in [2.24, 2.45) is 4.99 Å². The van der Waals surface area contributed by atoms with Crippen LogP contribution in [0.2, 0.25) is 0 Å². The molecule has 1 aliphatic rings. The third-order valence-corrected chi connectivity index (χ3v) is 6.30. The summed E-state index contributed by atoms with van der Waals surface area (Å²) in [6, 6.07) is 23.8. The lowest BCUT2D eigenvalue weighted by atomic mass is 10.2. The number of aliphatic imine (C=N–C) groups is 1. The van der Waals surface area contributed by atoms with Crippen molar-refractivity contribution in [2.75, 3.05) is 24.4 Å². The topological polar surface area (TPSA) is 80.2 Å². The molecule has 0 saturated carbocycles. The van der Waals surface area contributed by atoms with Crippen LogP contribution in [0.3, 0.4) is 0 Å². The number of carbonyl (C=O) groups is 2. The number of ether oxygens (including phenoxy) is 2. The minimum Gasteiger partial charge on any atom is -0.497 e. The highest BCUT2D eigenvalue weighted by molar-refractivity contribution is 8.15. The molecule has 1 unspecified atom stereocenters. The van der Waals surface area contributed by atoms with E-state index < -0.39 is 5.25 Å². The number of para-hydroxylation sites is 1. The van der Waals surface area contributed by atoms with E-state index in [0.717, 1.165) is 5.56 Å². The second-order valence-electron chi connectivity index (χ2n) is 7.65. The number of carbonyl (C=O) groups excluding carboxylic acids is 2. The summed E-state index contributed by atoms with van der Waals surface area (Å²) in [7, 11) is 3.18. The van der Waals surface area contributed by atoms with E-state index in [1.54, 1.807) is 51.5 Å². The van der Waals surface area contributed by atoms with Gasteiger partial charge in [0.15, 0.2) is 5.17 Å². The van der Waals surface area contributed by atoms with E-state index in [1.807, 2.05) is 54.6 Å². The van der Waals surface area contributed by atoms with E-state index in [2.05, 4.69) is 10.3 Å². The molecule has 0 spiro atoms. The van der Waals surface area contributed by atoms with E-state index >= 15 is 0 Å². The number of methoxy groups -OCH3 is 2. The Labute approximate surface area is 208 Å². The molecule has 0 fully saturated rings. The number of benzene rings is 3. The van der Waals surface area contributed by atoms with Crippen LogP contribution in [0.15, 0.2) is 89.6 Å². The zero-order chi connectivity index (χ0) is 24.8. The molecule has 4 rings (SSSR count). The maximum Gasteiger partial charge on any atom is 0.283 e. The van der Waals surface area contributed by atoms with Gasteiger partial charge in [0.1, 0.15) is 17.2 Å². The summed E-state index contributed by atoms with van der Waals surface area (Å²) in [6.45, 7) is 1.78. The molecule has 1 atom stereocenters. The normalized spacial score (nSPS) is 15.1. The van der Waals surface area contributed by atoms with Crippen LogP contribution < -0.4 is 19.7 Å². The molecule has 0 aromatic heterocycles. The van der Waals surface area contributed by atoms with Gasteiger partial charge in [0.05, 0.1) is 25.2 Å². The van der Waals surface area contributed by atoms with E-state index in [9.17, 15) is 9.59 Å². The van der Waals surface area contributed by atoms with Crippen molar-refractivity contribution in [1.29, 1.82) is 0 Å². The second-order valence-corrected chi connectivity index (χ2v) is 8.96. The van der Waals surface area contributed by atoms with Gasteiger partial charge in [0.25, 0.3) is 5.91 Å². The van der Waals surface area contributed by atoms with Crippen LogP contribution in [0.4, 0.5) is 11.4 Å². The smallest absolute Gasteiger partial charge is 0.283 e. The van der Waals surface area contributed by atoms with Crippen LogP contribution in [0, 0.1) is 0 Å².